The lowest BCUT2D eigenvalue weighted by Crippen LogP contribution is -2.20. The van der Waals surface area contributed by atoms with E-state index in [1.54, 1.807) is 31.2 Å². The van der Waals surface area contributed by atoms with Crippen molar-refractivity contribution in [1.29, 1.82) is 0 Å². The van der Waals surface area contributed by atoms with Crippen LogP contribution in [0.4, 0.5) is 18.9 Å². The zero-order valence-corrected chi connectivity index (χ0v) is 18.9. The van der Waals surface area contributed by atoms with Crippen molar-refractivity contribution in [1.82, 2.24) is 14.8 Å². The standard InChI is InChI=1S/C24H22F3N5O3/c1-4-5-6-17-14(2)29-19(22(28)33)11-18(17)23(34)30-20-13-32(31-21(20)24(25,26)27)12-15-7-9-16(35-3)10-8-15/h4-11,13H,1,12H2,2-3H3,(H2,28,33)(H,30,34)/b6-5-. The van der Waals surface area contributed by atoms with Crippen molar-refractivity contribution < 1.29 is 27.5 Å². The second-order valence-corrected chi connectivity index (χ2v) is 7.40. The fourth-order valence-corrected chi connectivity index (χ4v) is 3.28. The number of anilines is 1. The number of aryl methyl sites for hydroxylation is 1. The first-order valence-electron chi connectivity index (χ1n) is 10.2. The van der Waals surface area contributed by atoms with Crippen molar-refractivity contribution in [2.45, 2.75) is 19.6 Å². The second-order valence-electron chi connectivity index (χ2n) is 7.40. The number of aromatic nitrogens is 3. The maximum absolute atomic E-state index is 13.7. The quantitative estimate of drug-likeness (QED) is 0.464. The molecule has 0 radical (unpaired) electrons. The van der Waals surface area contributed by atoms with E-state index in [-0.39, 0.29) is 23.5 Å². The highest BCUT2D eigenvalue weighted by atomic mass is 19.4. The molecular weight excluding hydrogens is 463 g/mol. The van der Waals surface area contributed by atoms with E-state index in [4.69, 9.17) is 10.5 Å². The summed E-state index contributed by atoms with van der Waals surface area (Å²) in [4.78, 5) is 28.8. The summed E-state index contributed by atoms with van der Waals surface area (Å²) >= 11 is 0. The Bertz CT molecular complexity index is 1290. The Morgan fingerprint density at radius 3 is 2.51 bits per heavy atom. The molecule has 0 aliphatic rings. The molecule has 1 aromatic carbocycles. The van der Waals surface area contributed by atoms with E-state index in [2.05, 4.69) is 22.0 Å². The number of nitrogens with one attached hydrogen (secondary N) is 1. The Hall–Kier alpha value is -4.41. The Kier molecular flexibility index (Phi) is 7.38. The summed E-state index contributed by atoms with van der Waals surface area (Å²) in [5.74, 6) is -1.18. The Labute approximate surface area is 198 Å². The van der Waals surface area contributed by atoms with Crippen LogP contribution in [0.5, 0.6) is 5.75 Å². The summed E-state index contributed by atoms with van der Waals surface area (Å²) < 4.78 is 47.2. The molecule has 0 bridgehead atoms. The number of carbonyl (C=O) groups is 2. The second kappa shape index (κ2) is 10.2. The Morgan fingerprint density at radius 2 is 1.94 bits per heavy atom. The lowest BCUT2D eigenvalue weighted by molar-refractivity contribution is -0.140. The SMILES string of the molecule is C=C/C=C\c1c(C(=O)Nc2cn(Cc3ccc(OC)cc3)nc2C(F)(F)F)cc(C(N)=O)nc1C. The van der Waals surface area contributed by atoms with Gasteiger partial charge in [0, 0.05) is 17.5 Å². The average Bonchev–Trinajstić information content (AvgIpc) is 3.20. The number of nitrogens with two attached hydrogens (primary N) is 1. The van der Waals surface area contributed by atoms with E-state index < -0.39 is 29.4 Å². The van der Waals surface area contributed by atoms with Gasteiger partial charge in [-0.25, -0.2) is 4.98 Å². The van der Waals surface area contributed by atoms with Crippen molar-refractivity contribution in [3.8, 4) is 5.75 Å². The van der Waals surface area contributed by atoms with E-state index in [1.165, 1.54) is 25.3 Å². The molecule has 0 unspecified atom stereocenters. The largest absolute Gasteiger partial charge is 0.497 e. The number of benzene rings is 1. The number of allylic oxidation sites excluding steroid dienone is 2. The van der Waals surface area contributed by atoms with Crippen LogP contribution < -0.4 is 15.8 Å². The summed E-state index contributed by atoms with van der Waals surface area (Å²) in [7, 11) is 1.50. The van der Waals surface area contributed by atoms with Gasteiger partial charge in [0.15, 0.2) is 5.69 Å². The van der Waals surface area contributed by atoms with Crippen LogP contribution >= 0.6 is 0 Å². The van der Waals surface area contributed by atoms with Crippen LogP contribution in [0.25, 0.3) is 6.08 Å². The van der Waals surface area contributed by atoms with Crippen molar-refractivity contribution in [3.05, 3.63) is 89.0 Å². The van der Waals surface area contributed by atoms with Gasteiger partial charge in [0.25, 0.3) is 11.8 Å². The fourth-order valence-electron chi connectivity index (χ4n) is 3.28. The Morgan fingerprint density at radius 1 is 1.26 bits per heavy atom. The topological polar surface area (TPSA) is 112 Å². The maximum Gasteiger partial charge on any atom is 0.437 e. The van der Waals surface area contributed by atoms with Crippen LogP contribution in [0.2, 0.25) is 0 Å². The highest BCUT2D eigenvalue weighted by molar-refractivity contribution is 6.08. The van der Waals surface area contributed by atoms with Gasteiger partial charge < -0.3 is 15.8 Å². The zero-order chi connectivity index (χ0) is 25.8. The van der Waals surface area contributed by atoms with Crippen LogP contribution in [0.1, 0.15) is 43.4 Å². The summed E-state index contributed by atoms with van der Waals surface area (Å²) in [5, 5.41) is 5.90. The van der Waals surface area contributed by atoms with Gasteiger partial charge in [-0.05, 0) is 30.7 Å². The van der Waals surface area contributed by atoms with E-state index in [0.29, 0.717) is 16.9 Å². The van der Waals surface area contributed by atoms with Crippen LogP contribution in [-0.4, -0.2) is 33.7 Å². The summed E-state index contributed by atoms with van der Waals surface area (Å²) in [6, 6.07) is 7.85. The first kappa shape index (κ1) is 25.2. The van der Waals surface area contributed by atoms with Gasteiger partial charge in [0.05, 0.1) is 24.9 Å². The van der Waals surface area contributed by atoms with Crippen molar-refractivity contribution in [2.24, 2.45) is 5.73 Å². The number of nitrogens with zero attached hydrogens (tertiary/aromatic N) is 3. The van der Waals surface area contributed by atoms with Crippen molar-refractivity contribution in [2.75, 3.05) is 12.4 Å². The van der Waals surface area contributed by atoms with Gasteiger partial charge in [0.1, 0.15) is 11.4 Å². The number of amides is 2. The monoisotopic (exact) mass is 485 g/mol. The molecular formula is C24H22F3N5O3. The molecule has 11 heteroatoms. The lowest BCUT2D eigenvalue weighted by Gasteiger charge is -2.12. The van der Waals surface area contributed by atoms with E-state index >= 15 is 0 Å². The lowest BCUT2D eigenvalue weighted by atomic mass is 10.0. The van der Waals surface area contributed by atoms with Crippen LogP contribution in [-0.2, 0) is 12.7 Å². The number of halogens is 3. The minimum Gasteiger partial charge on any atom is -0.497 e. The number of carbonyl (C=O) groups excluding carboxylic acids is 2. The number of alkyl halides is 3. The molecule has 3 rings (SSSR count). The van der Waals surface area contributed by atoms with Gasteiger partial charge >= 0.3 is 6.18 Å². The zero-order valence-electron chi connectivity index (χ0n) is 18.9. The smallest absolute Gasteiger partial charge is 0.437 e. The number of pyridine rings is 1. The maximum atomic E-state index is 13.7. The summed E-state index contributed by atoms with van der Waals surface area (Å²) in [6.45, 7) is 5.12. The normalized spacial score (nSPS) is 11.5. The third-order valence-electron chi connectivity index (χ3n) is 4.93. The van der Waals surface area contributed by atoms with E-state index in [0.717, 1.165) is 16.9 Å². The molecule has 0 fully saturated rings. The number of rotatable bonds is 8. The van der Waals surface area contributed by atoms with Gasteiger partial charge in [-0.3, -0.25) is 14.3 Å². The molecule has 8 nitrogen and oxygen atoms in total. The van der Waals surface area contributed by atoms with E-state index in [1.807, 2.05) is 0 Å². The molecule has 35 heavy (non-hydrogen) atoms. The van der Waals surface area contributed by atoms with Crippen molar-refractivity contribution >= 4 is 23.6 Å². The van der Waals surface area contributed by atoms with Crippen LogP contribution in [0.3, 0.4) is 0 Å². The highest BCUT2D eigenvalue weighted by Crippen LogP contribution is 2.34. The number of methoxy groups -OCH3 is 1. The third kappa shape index (κ3) is 5.94. The summed E-state index contributed by atoms with van der Waals surface area (Å²) in [5.41, 5.74) is 4.47. The molecule has 0 saturated carbocycles. The third-order valence-corrected chi connectivity index (χ3v) is 4.93. The number of ether oxygens (including phenoxy) is 1. The summed E-state index contributed by atoms with van der Waals surface area (Å²) in [6.07, 6.45) is 0.749. The molecule has 182 valence electrons. The number of hydrogen-bond acceptors (Lipinski definition) is 5. The molecule has 0 spiro atoms. The number of primary amides is 1. The van der Waals surface area contributed by atoms with Gasteiger partial charge in [-0.2, -0.15) is 18.3 Å². The van der Waals surface area contributed by atoms with Crippen molar-refractivity contribution in [3.63, 3.8) is 0 Å². The molecule has 0 saturated heterocycles. The van der Waals surface area contributed by atoms with E-state index in [9.17, 15) is 22.8 Å². The number of hydrogen-bond donors (Lipinski definition) is 2. The average molecular weight is 485 g/mol. The first-order chi connectivity index (χ1) is 16.5. The molecule has 2 heterocycles. The van der Waals surface area contributed by atoms with Crippen LogP contribution in [0, 0.1) is 6.92 Å². The van der Waals surface area contributed by atoms with Crippen LogP contribution in [0.15, 0.2) is 55.3 Å². The highest BCUT2D eigenvalue weighted by Gasteiger charge is 2.38. The van der Waals surface area contributed by atoms with Gasteiger partial charge in [-0.1, -0.05) is 36.9 Å². The molecule has 0 aliphatic carbocycles. The predicted molar refractivity (Wildman–Crippen MR) is 124 cm³/mol. The molecule has 0 atom stereocenters. The Balaban J connectivity index is 1.99. The first-order valence-corrected chi connectivity index (χ1v) is 10.2. The molecule has 0 aliphatic heterocycles. The fraction of sp³-hybridized carbons (Fsp3) is 0.167. The van der Waals surface area contributed by atoms with Gasteiger partial charge in [0.2, 0.25) is 0 Å². The minimum absolute atomic E-state index is 0.0243. The predicted octanol–water partition coefficient (Wildman–Crippen LogP) is 4.21. The molecule has 2 amide bonds. The molecule has 3 N–H and O–H groups in total. The molecule has 3 aromatic rings. The minimum atomic E-state index is -4.83. The molecule has 2 aromatic heterocycles. The van der Waals surface area contributed by atoms with Gasteiger partial charge in [-0.15, -0.1) is 0 Å².